The number of alkyl halides is 1. The number of unbranched alkanes of at least 4 members (excludes halogenated alkanes) is 4. The zero-order chi connectivity index (χ0) is 24.1. The summed E-state index contributed by atoms with van der Waals surface area (Å²) in [6.07, 6.45) is -0.932. The Morgan fingerprint density at radius 2 is 1.88 bits per heavy atom. The van der Waals surface area contributed by atoms with Crippen molar-refractivity contribution < 1.29 is 34.8 Å². The van der Waals surface area contributed by atoms with Crippen molar-refractivity contribution in [2.24, 2.45) is 0 Å². The Morgan fingerprint density at radius 3 is 2.47 bits per heavy atom. The van der Waals surface area contributed by atoms with E-state index in [9.17, 15) is 39.6 Å². The van der Waals surface area contributed by atoms with E-state index in [2.05, 4.69) is 0 Å². The van der Waals surface area contributed by atoms with E-state index in [-0.39, 0.29) is 23.5 Å². The van der Waals surface area contributed by atoms with Crippen molar-refractivity contribution in [1.29, 1.82) is 0 Å². The minimum atomic E-state index is -3.28. The molecule has 1 aliphatic heterocycles. The third-order valence-corrected chi connectivity index (χ3v) is 5.76. The van der Waals surface area contributed by atoms with Gasteiger partial charge in [0, 0.05) is 11.8 Å². The molecule has 1 aliphatic rings. The van der Waals surface area contributed by atoms with E-state index >= 15 is 0 Å². The molecule has 0 amide bonds. The number of ether oxygens (including phenoxy) is 1. The average Bonchev–Trinajstić information content (AvgIpc) is 2.96. The molecule has 0 bridgehead atoms. The van der Waals surface area contributed by atoms with Gasteiger partial charge in [0.25, 0.3) is 5.56 Å². The fraction of sp³-hybridized carbons (Fsp3) is 0.800. The number of aromatic nitrogens is 2. The minimum absolute atomic E-state index is 0.0469. The third kappa shape index (κ3) is 4.81. The van der Waals surface area contributed by atoms with Crippen molar-refractivity contribution in [2.75, 3.05) is 6.61 Å². The molecule has 0 radical (unpaired) electrons. The number of nitrogens with zero attached hydrogens (tertiary/aromatic N) is 2. The van der Waals surface area contributed by atoms with Crippen LogP contribution in [0.2, 0.25) is 0 Å². The summed E-state index contributed by atoms with van der Waals surface area (Å²) in [5, 5.41) is 52.6. The summed E-state index contributed by atoms with van der Waals surface area (Å²) < 4.78 is 20.4. The molecule has 6 N–H and O–H groups in total. The lowest BCUT2D eigenvalue weighted by atomic mass is 9.99. The van der Waals surface area contributed by atoms with Gasteiger partial charge >= 0.3 is 11.6 Å². The molecule has 1 saturated heterocycles. The van der Waals surface area contributed by atoms with Gasteiger partial charge in [0.1, 0.15) is 12.2 Å². The SMILES string of the molecule is CCCCCCCC(F)N(O)[C@@]1(O)[C@H](O)[C@@H](CO)O[C@]1(O)n1cc(CCC)c(=O)[nH]c1=O. The number of nitrogens with one attached hydrogen (secondary N) is 1. The summed E-state index contributed by atoms with van der Waals surface area (Å²) in [6.45, 7) is 2.86. The maximum Gasteiger partial charge on any atom is 0.332 e. The van der Waals surface area contributed by atoms with Gasteiger partial charge in [-0.25, -0.2) is 13.8 Å². The number of aryl methyl sites for hydroxylation is 1. The van der Waals surface area contributed by atoms with Crippen LogP contribution in [0.15, 0.2) is 15.8 Å². The van der Waals surface area contributed by atoms with Crippen LogP contribution in [0.4, 0.5) is 4.39 Å². The van der Waals surface area contributed by atoms with Crippen LogP contribution in [0.5, 0.6) is 0 Å². The van der Waals surface area contributed by atoms with Crippen LogP contribution in [-0.4, -0.2) is 71.1 Å². The molecule has 0 aromatic carbocycles. The average molecular weight is 464 g/mol. The van der Waals surface area contributed by atoms with E-state index in [1.807, 2.05) is 11.9 Å². The van der Waals surface area contributed by atoms with Gasteiger partial charge in [0.15, 0.2) is 6.30 Å². The highest BCUT2D eigenvalue weighted by Gasteiger charge is 2.71. The Hall–Kier alpha value is -1.67. The van der Waals surface area contributed by atoms with Gasteiger partial charge in [0.2, 0.25) is 5.72 Å². The number of hydrogen-bond donors (Lipinski definition) is 6. The van der Waals surface area contributed by atoms with Crippen LogP contribution in [0.25, 0.3) is 0 Å². The number of H-pyrrole nitrogens is 1. The second-order valence-electron chi connectivity index (χ2n) is 8.13. The summed E-state index contributed by atoms with van der Waals surface area (Å²) in [5.74, 6) is -3.23. The van der Waals surface area contributed by atoms with Crippen molar-refractivity contribution in [2.45, 2.75) is 95.4 Å². The Morgan fingerprint density at radius 1 is 1.22 bits per heavy atom. The monoisotopic (exact) mass is 463 g/mol. The molecule has 12 heteroatoms. The fourth-order valence-electron chi connectivity index (χ4n) is 3.91. The zero-order valence-electron chi connectivity index (χ0n) is 18.4. The molecule has 2 rings (SSSR count). The van der Waals surface area contributed by atoms with Crippen LogP contribution >= 0.6 is 0 Å². The van der Waals surface area contributed by atoms with Gasteiger partial charge in [0.05, 0.1) is 6.61 Å². The van der Waals surface area contributed by atoms with Gasteiger partial charge in [-0.1, -0.05) is 46.0 Å². The molecule has 0 spiro atoms. The number of hydroxylamine groups is 2. The predicted octanol–water partition coefficient (Wildman–Crippen LogP) is -0.120. The van der Waals surface area contributed by atoms with Crippen LogP contribution in [0.3, 0.4) is 0 Å². The van der Waals surface area contributed by atoms with E-state index in [1.54, 1.807) is 6.92 Å². The van der Waals surface area contributed by atoms with Crippen molar-refractivity contribution in [1.82, 2.24) is 14.6 Å². The largest absolute Gasteiger partial charge is 0.394 e. The lowest BCUT2D eigenvalue weighted by Crippen LogP contribution is -2.69. The Labute approximate surface area is 184 Å². The molecular weight excluding hydrogens is 429 g/mol. The molecule has 2 heterocycles. The Bertz CT molecular complexity index is 864. The van der Waals surface area contributed by atoms with Crippen molar-refractivity contribution in [3.8, 4) is 0 Å². The molecular formula is C20H34FN3O8. The number of hydrogen-bond acceptors (Lipinski definition) is 9. The van der Waals surface area contributed by atoms with Crippen LogP contribution in [0.1, 0.15) is 64.4 Å². The quantitative estimate of drug-likeness (QED) is 0.107. The zero-order valence-corrected chi connectivity index (χ0v) is 18.4. The van der Waals surface area contributed by atoms with E-state index in [4.69, 9.17) is 4.74 Å². The molecule has 0 aliphatic carbocycles. The van der Waals surface area contributed by atoms with Gasteiger partial charge < -0.3 is 30.4 Å². The van der Waals surface area contributed by atoms with Crippen LogP contribution in [0, 0.1) is 0 Å². The van der Waals surface area contributed by atoms with Gasteiger partial charge in [-0.15, -0.1) is 5.06 Å². The third-order valence-electron chi connectivity index (χ3n) is 5.76. The van der Waals surface area contributed by atoms with E-state index < -0.39 is 48.0 Å². The molecule has 1 unspecified atom stereocenters. The van der Waals surface area contributed by atoms with Crippen molar-refractivity contribution >= 4 is 0 Å². The lowest BCUT2D eigenvalue weighted by molar-refractivity contribution is -0.428. The topological polar surface area (TPSA) is 168 Å². The van der Waals surface area contributed by atoms with Gasteiger partial charge in [-0.05, 0) is 19.3 Å². The first-order valence-electron chi connectivity index (χ1n) is 11.0. The van der Waals surface area contributed by atoms with Gasteiger partial charge in [-0.2, -0.15) is 0 Å². The summed E-state index contributed by atoms with van der Waals surface area (Å²) >= 11 is 0. The Kier molecular flexibility index (Phi) is 9.11. The second-order valence-corrected chi connectivity index (χ2v) is 8.13. The van der Waals surface area contributed by atoms with E-state index in [1.165, 1.54) is 0 Å². The predicted molar refractivity (Wildman–Crippen MR) is 110 cm³/mol. The number of aliphatic hydroxyl groups excluding tert-OH is 2. The summed E-state index contributed by atoms with van der Waals surface area (Å²) in [6, 6.07) is 0. The Balaban J connectivity index is 2.45. The fourth-order valence-corrected chi connectivity index (χ4v) is 3.91. The van der Waals surface area contributed by atoms with Crippen LogP contribution < -0.4 is 11.2 Å². The smallest absolute Gasteiger partial charge is 0.332 e. The molecule has 11 nitrogen and oxygen atoms in total. The number of halogens is 1. The number of aromatic amines is 1. The molecule has 1 aromatic heterocycles. The lowest BCUT2D eigenvalue weighted by Gasteiger charge is -2.43. The first-order valence-corrected chi connectivity index (χ1v) is 11.0. The van der Waals surface area contributed by atoms with E-state index in [0.717, 1.165) is 25.5 Å². The highest BCUT2D eigenvalue weighted by Crippen LogP contribution is 2.44. The molecule has 32 heavy (non-hydrogen) atoms. The summed E-state index contributed by atoms with van der Waals surface area (Å²) in [7, 11) is 0. The maximum atomic E-state index is 14.9. The van der Waals surface area contributed by atoms with Crippen LogP contribution in [-0.2, 0) is 17.1 Å². The molecule has 184 valence electrons. The van der Waals surface area contributed by atoms with Crippen molar-refractivity contribution in [3.05, 3.63) is 32.6 Å². The number of aliphatic hydroxyl groups is 4. The minimum Gasteiger partial charge on any atom is -0.394 e. The normalized spacial score (nSPS) is 29.0. The second kappa shape index (κ2) is 11.0. The summed E-state index contributed by atoms with van der Waals surface area (Å²) in [4.78, 5) is 26.4. The molecule has 1 fully saturated rings. The first-order chi connectivity index (χ1) is 15.1. The van der Waals surface area contributed by atoms with E-state index in [0.29, 0.717) is 23.8 Å². The first kappa shape index (κ1) is 26.6. The maximum absolute atomic E-state index is 14.9. The molecule has 0 saturated carbocycles. The standard InChI is InChI=1S/C20H34FN3O8/c1-3-5-6-7-8-10-15(21)24(31)19(29)16(26)14(12-25)32-20(19,30)23-11-13(9-4-2)17(27)22-18(23)28/h11,14-16,25-26,29-31H,3-10,12H2,1-2H3,(H,22,27,28)/t14-,15?,16-,19-,20+/m1/s1. The number of rotatable bonds is 12. The highest BCUT2D eigenvalue weighted by molar-refractivity contribution is 5.10. The molecule has 1 aromatic rings. The van der Waals surface area contributed by atoms with Crippen molar-refractivity contribution in [3.63, 3.8) is 0 Å². The summed E-state index contributed by atoms with van der Waals surface area (Å²) in [5.41, 5.74) is -5.20. The highest BCUT2D eigenvalue weighted by atomic mass is 19.1. The van der Waals surface area contributed by atoms with Gasteiger partial charge in [-0.3, -0.25) is 9.78 Å². The molecule has 5 atom stereocenters.